The lowest BCUT2D eigenvalue weighted by molar-refractivity contribution is 0.496. The Morgan fingerprint density at radius 1 is 1.22 bits per heavy atom. The molecule has 1 atom stereocenters. The summed E-state index contributed by atoms with van der Waals surface area (Å²) >= 11 is 5.90. The van der Waals surface area contributed by atoms with Gasteiger partial charge in [-0.25, -0.2) is 0 Å². The van der Waals surface area contributed by atoms with Gasteiger partial charge in [-0.1, -0.05) is 15.9 Å². The molecule has 1 heterocycles. The van der Waals surface area contributed by atoms with E-state index in [0.29, 0.717) is 0 Å². The Morgan fingerprint density at radius 3 is 2.50 bits per heavy atom. The highest BCUT2D eigenvalue weighted by Crippen LogP contribution is 2.31. The Balaban J connectivity index is 2.51. The third kappa shape index (κ3) is 2.81. The fourth-order valence-electron chi connectivity index (χ4n) is 2.15. The summed E-state index contributed by atoms with van der Waals surface area (Å²) in [7, 11) is 1.98. The molecule has 1 aromatic heterocycles. The molecular formula is C14H15BrINO. The number of benzene rings is 1. The maximum absolute atomic E-state index is 5.63. The van der Waals surface area contributed by atoms with Crippen LogP contribution in [0.2, 0.25) is 0 Å². The van der Waals surface area contributed by atoms with Gasteiger partial charge in [-0.3, -0.25) is 0 Å². The first-order valence-corrected chi connectivity index (χ1v) is 7.59. The van der Waals surface area contributed by atoms with Gasteiger partial charge < -0.3 is 9.73 Å². The highest BCUT2D eigenvalue weighted by Gasteiger charge is 2.19. The van der Waals surface area contributed by atoms with Crippen LogP contribution in [0, 0.1) is 17.4 Å². The topological polar surface area (TPSA) is 25.2 Å². The van der Waals surface area contributed by atoms with Crippen molar-refractivity contribution in [3.05, 3.63) is 55.0 Å². The average Bonchev–Trinajstić information content (AvgIpc) is 2.64. The Labute approximate surface area is 129 Å². The first-order chi connectivity index (χ1) is 8.52. The largest absolute Gasteiger partial charge is 0.466 e. The third-order valence-corrected chi connectivity index (χ3v) is 4.42. The van der Waals surface area contributed by atoms with Gasteiger partial charge in [-0.15, -0.1) is 0 Å². The monoisotopic (exact) mass is 419 g/mol. The summed E-state index contributed by atoms with van der Waals surface area (Å²) in [4.78, 5) is 0. The van der Waals surface area contributed by atoms with E-state index in [4.69, 9.17) is 4.42 Å². The molecule has 1 aromatic carbocycles. The van der Waals surface area contributed by atoms with Gasteiger partial charge in [0, 0.05) is 13.6 Å². The van der Waals surface area contributed by atoms with Gasteiger partial charge in [0.1, 0.15) is 11.5 Å². The number of hydrogen-bond acceptors (Lipinski definition) is 2. The molecule has 0 bridgehead atoms. The van der Waals surface area contributed by atoms with Crippen molar-refractivity contribution < 1.29 is 4.42 Å². The fourth-order valence-corrected chi connectivity index (χ4v) is 3.18. The zero-order chi connectivity index (χ0) is 13.3. The van der Waals surface area contributed by atoms with Crippen LogP contribution < -0.4 is 5.32 Å². The standard InChI is InChI=1S/C14H15BrINO/c1-8-6-11(9(2)18-8)14(17-3)12-7-10(15)4-5-13(12)16/h4-7,14,17H,1-3H3. The average molecular weight is 420 g/mol. The Hall–Kier alpha value is -0.330. The summed E-state index contributed by atoms with van der Waals surface area (Å²) in [6.07, 6.45) is 0. The molecule has 1 N–H and O–H groups in total. The van der Waals surface area contributed by atoms with Gasteiger partial charge >= 0.3 is 0 Å². The van der Waals surface area contributed by atoms with Crippen molar-refractivity contribution in [3.63, 3.8) is 0 Å². The van der Waals surface area contributed by atoms with E-state index in [9.17, 15) is 0 Å². The van der Waals surface area contributed by atoms with Crippen LogP contribution in [0.4, 0.5) is 0 Å². The van der Waals surface area contributed by atoms with Gasteiger partial charge in [0.25, 0.3) is 0 Å². The van der Waals surface area contributed by atoms with Crippen molar-refractivity contribution in [2.45, 2.75) is 19.9 Å². The molecule has 0 amide bonds. The van der Waals surface area contributed by atoms with Gasteiger partial charge in [0.2, 0.25) is 0 Å². The summed E-state index contributed by atoms with van der Waals surface area (Å²) in [6.45, 7) is 3.99. The minimum absolute atomic E-state index is 0.159. The Morgan fingerprint density at radius 2 is 1.94 bits per heavy atom. The molecule has 0 spiro atoms. The summed E-state index contributed by atoms with van der Waals surface area (Å²) in [5.41, 5.74) is 2.46. The second kappa shape index (κ2) is 5.75. The van der Waals surface area contributed by atoms with E-state index in [-0.39, 0.29) is 6.04 Å². The minimum atomic E-state index is 0.159. The van der Waals surface area contributed by atoms with Crippen molar-refractivity contribution in [2.24, 2.45) is 0 Å². The maximum atomic E-state index is 5.63. The van der Waals surface area contributed by atoms with Crippen LogP contribution in [-0.2, 0) is 0 Å². The van der Waals surface area contributed by atoms with Crippen molar-refractivity contribution in [3.8, 4) is 0 Å². The quantitative estimate of drug-likeness (QED) is 0.737. The predicted octanol–water partition coefficient (Wildman–Crippen LogP) is 4.57. The van der Waals surface area contributed by atoms with Crippen LogP contribution in [0.15, 0.2) is 33.2 Å². The number of halogens is 2. The molecule has 0 aliphatic rings. The van der Waals surface area contributed by atoms with E-state index in [0.717, 1.165) is 16.0 Å². The van der Waals surface area contributed by atoms with Crippen LogP contribution in [0.25, 0.3) is 0 Å². The summed E-state index contributed by atoms with van der Waals surface area (Å²) in [5, 5.41) is 3.37. The van der Waals surface area contributed by atoms with E-state index in [1.54, 1.807) is 0 Å². The number of aryl methyl sites for hydroxylation is 2. The smallest absolute Gasteiger partial charge is 0.106 e. The number of hydrogen-bond donors (Lipinski definition) is 1. The Kier molecular flexibility index (Phi) is 4.50. The lowest BCUT2D eigenvalue weighted by atomic mass is 9.99. The molecule has 0 aliphatic carbocycles. The molecule has 4 heteroatoms. The number of rotatable bonds is 3. The van der Waals surface area contributed by atoms with Gasteiger partial charge in [0.05, 0.1) is 6.04 Å². The molecule has 0 radical (unpaired) electrons. The van der Waals surface area contributed by atoms with Crippen LogP contribution >= 0.6 is 38.5 Å². The molecular weight excluding hydrogens is 405 g/mol. The second-order valence-corrected chi connectivity index (χ2v) is 6.33. The molecule has 2 aromatic rings. The SMILES string of the molecule is CNC(c1cc(Br)ccc1I)c1cc(C)oc1C. The van der Waals surface area contributed by atoms with Crippen LogP contribution in [0.1, 0.15) is 28.7 Å². The molecule has 96 valence electrons. The lowest BCUT2D eigenvalue weighted by Crippen LogP contribution is -2.19. The molecule has 2 rings (SSSR count). The molecule has 0 saturated carbocycles. The van der Waals surface area contributed by atoms with Crippen molar-refractivity contribution >= 4 is 38.5 Å². The summed E-state index contributed by atoms with van der Waals surface area (Å²) in [5.74, 6) is 1.93. The van der Waals surface area contributed by atoms with E-state index in [2.05, 4.69) is 68.1 Å². The minimum Gasteiger partial charge on any atom is -0.466 e. The van der Waals surface area contributed by atoms with Gasteiger partial charge in [-0.05, 0) is 73.3 Å². The molecule has 0 saturated heterocycles. The van der Waals surface area contributed by atoms with Crippen molar-refractivity contribution in [2.75, 3.05) is 7.05 Å². The van der Waals surface area contributed by atoms with Gasteiger partial charge in [-0.2, -0.15) is 0 Å². The van der Waals surface area contributed by atoms with Crippen LogP contribution in [0.5, 0.6) is 0 Å². The van der Waals surface area contributed by atoms with Crippen molar-refractivity contribution in [1.82, 2.24) is 5.32 Å². The van der Waals surface area contributed by atoms with Crippen molar-refractivity contribution in [1.29, 1.82) is 0 Å². The van der Waals surface area contributed by atoms with E-state index < -0.39 is 0 Å². The number of furan rings is 1. The first-order valence-electron chi connectivity index (χ1n) is 5.72. The normalized spacial score (nSPS) is 12.7. The van der Waals surface area contributed by atoms with Crippen LogP contribution in [-0.4, -0.2) is 7.05 Å². The molecule has 2 nitrogen and oxygen atoms in total. The molecule has 0 aliphatic heterocycles. The fraction of sp³-hybridized carbons (Fsp3) is 0.286. The van der Waals surface area contributed by atoms with Crippen LogP contribution in [0.3, 0.4) is 0 Å². The first kappa shape index (κ1) is 14.1. The van der Waals surface area contributed by atoms with E-state index >= 15 is 0 Å². The maximum Gasteiger partial charge on any atom is 0.106 e. The molecule has 18 heavy (non-hydrogen) atoms. The summed E-state index contributed by atoms with van der Waals surface area (Å²) in [6, 6.07) is 8.60. The molecule has 0 fully saturated rings. The third-order valence-electron chi connectivity index (χ3n) is 2.95. The number of nitrogens with one attached hydrogen (secondary N) is 1. The Bertz CT molecular complexity index is 565. The van der Waals surface area contributed by atoms with E-state index in [1.165, 1.54) is 14.7 Å². The highest BCUT2D eigenvalue weighted by atomic mass is 127. The molecule has 1 unspecified atom stereocenters. The predicted molar refractivity (Wildman–Crippen MR) is 85.9 cm³/mol. The van der Waals surface area contributed by atoms with Gasteiger partial charge in [0.15, 0.2) is 0 Å². The zero-order valence-electron chi connectivity index (χ0n) is 10.6. The second-order valence-electron chi connectivity index (χ2n) is 4.26. The van der Waals surface area contributed by atoms with E-state index in [1.807, 2.05) is 20.9 Å². The lowest BCUT2D eigenvalue weighted by Gasteiger charge is -2.18. The highest BCUT2D eigenvalue weighted by molar-refractivity contribution is 14.1. The summed E-state index contributed by atoms with van der Waals surface area (Å²) < 4.78 is 7.97. The zero-order valence-corrected chi connectivity index (χ0v) is 14.3.